The van der Waals surface area contributed by atoms with Gasteiger partial charge in [0.15, 0.2) is 0 Å². The normalized spacial score (nSPS) is 27.2. The third-order valence-corrected chi connectivity index (χ3v) is 5.27. The van der Waals surface area contributed by atoms with Gasteiger partial charge in [-0.15, -0.1) is 0 Å². The molecule has 1 aromatic rings. The number of hydrogen-bond acceptors (Lipinski definition) is 4. The molecular weight excluding hydrogens is 298 g/mol. The number of nitrogens with one attached hydrogen (secondary N) is 1. The number of aliphatic imine (C=N–C) groups is 1. The largest absolute Gasteiger partial charge is 0.376 e. The molecule has 1 aromatic carbocycles. The van der Waals surface area contributed by atoms with Crippen LogP contribution in [0.15, 0.2) is 46.6 Å². The zero-order valence-corrected chi connectivity index (χ0v) is 14.3. The lowest BCUT2D eigenvalue weighted by Crippen LogP contribution is -2.42. The van der Waals surface area contributed by atoms with Crippen LogP contribution in [0.25, 0.3) is 0 Å². The van der Waals surface area contributed by atoms with Gasteiger partial charge in [0.2, 0.25) is 0 Å². The third kappa shape index (κ3) is 3.55. The quantitative estimate of drug-likeness (QED) is 0.925. The van der Waals surface area contributed by atoms with Gasteiger partial charge in [0.05, 0.1) is 6.10 Å². The molecule has 2 atom stereocenters. The molecule has 0 spiro atoms. The van der Waals surface area contributed by atoms with Crippen LogP contribution in [0, 0.1) is 0 Å². The van der Waals surface area contributed by atoms with Gasteiger partial charge in [0.25, 0.3) is 0 Å². The predicted octanol–water partition coefficient (Wildman–Crippen LogP) is 2.76. The lowest BCUT2D eigenvalue weighted by Gasteiger charge is -2.38. The van der Waals surface area contributed by atoms with Crippen LogP contribution in [0.3, 0.4) is 0 Å². The molecule has 0 aliphatic carbocycles. The van der Waals surface area contributed by atoms with Crippen LogP contribution in [0.1, 0.15) is 31.2 Å². The summed E-state index contributed by atoms with van der Waals surface area (Å²) in [7, 11) is 0. The van der Waals surface area contributed by atoms with E-state index in [0.717, 1.165) is 45.5 Å². The lowest BCUT2D eigenvalue weighted by molar-refractivity contribution is 0.0696. The smallest absolute Gasteiger partial charge is 0.125 e. The van der Waals surface area contributed by atoms with E-state index in [2.05, 4.69) is 46.8 Å². The molecule has 0 bridgehead atoms. The Morgan fingerprint density at radius 3 is 2.88 bits per heavy atom. The molecule has 1 saturated heterocycles. The molecule has 0 radical (unpaired) electrons. The highest BCUT2D eigenvalue weighted by atomic mass is 16.5. The highest BCUT2D eigenvalue weighted by Gasteiger charge is 2.30. The van der Waals surface area contributed by atoms with Crippen molar-refractivity contribution in [1.82, 2.24) is 10.2 Å². The van der Waals surface area contributed by atoms with E-state index >= 15 is 0 Å². The Morgan fingerprint density at radius 2 is 2.04 bits per heavy atom. The van der Waals surface area contributed by atoms with Crippen LogP contribution >= 0.6 is 0 Å². The molecule has 4 rings (SSSR count). The SMILES string of the molecule is C1=NC(Cc2ccccc2)N(CC2CCCO2)C2=C1CCNCC2. The Hall–Kier alpha value is -1.65. The highest BCUT2D eigenvalue weighted by molar-refractivity contribution is 5.80. The molecule has 1 N–H and O–H groups in total. The molecule has 4 nitrogen and oxygen atoms in total. The van der Waals surface area contributed by atoms with Crippen molar-refractivity contribution in [3.8, 4) is 0 Å². The molecule has 4 heteroatoms. The van der Waals surface area contributed by atoms with Crippen molar-refractivity contribution in [2.45, 2.75) is 44.4 Å². The molecule has 3 aliphatic heterocycles. The van der Waals surface area contributed by atoms with Gasteiger partial charge < -0.3 is 15.0 Å². The first-order valence-electron chi connectivity index (χ1n) is 9.28. The summed E-state index contributed by atoms with van der Waals surface area (Å²) in [6, 6.07) is 10.7. The minimum atomic E-state index is 0.202. The number of benzene rings is 1. The number of ether oxygens (including phenoxy) is 1. The van der Waals surface area contributed by atoms with Crippen LogP contribution < -0.4 is 5.32 Å². The molecule has 24 heavy (non-hydrogen) atoms. The maximum absolute atomic E-state index is 5.93. The Morgan fingerprint density at radius 1 is 1.17 bits per heavy atom. The Bertz CT molecular complexity index is 605. The van der Waals surface area contributed by atoms with Gasteiger partial charge in [0.1, 0.15) is 6.17 Å². The summed E-state index contributed by atoms with van der Waals surface area (Å²) in [4.78, 5) is 7.48. The van der Waals surface area contributed by atoms with Crippen molar-refractivity contribution in [1.29, 1.82) is 0 Å². The number of rotatable bonds is 4. The first-order chi connectivity index (χ1) is 11.9. The topological polar surface area (TPSA) is 36.9 Å². The second kappa shape index (κ2) is 7.49. The Balaban J connectivity index is 1.57. The summed E-state index contributed by atoms with van der Waals surface area (Å²) in [6.45, 7) is 4.01. The van der Waals surface area contributed by atoms with Gasteiger partial charge in [0, 0.05) is 44.4 Å². The zero-order chi connectivity index (χ0) is 16.2. The van der Waals surface area contributed by atoms with Crippen molar-refractivity contribution in [2.75, 3.05) is 26.2 Å². The van der Waals surface area contributed by atoms with E-state index in [1.807, 2.05) is 0 Å². The fraction of sp³-hybridized carbons (Fsp3) is 0.550. The maximum atomic E-state index is 5.93. The van der Waals surface area contributed by atoms with Gasteiger partial charge in [-0.25, -0.2) is 0 Å². The molecule has 0 amide bonds. The standard InChI is InChI=1S/C20H27N3O/c1-2-5-16(6-3-1)13-20-22-14-17-8-10-21-11-9-19(17)23(20)15-18-7-4-12-24-18/h1-3,5-6,14,18,20-21H,4,7-13,15H2. The summed E-state index contributed by atoms with van der Waals surface area (Å²) < 4.78 is 5.93. The van der Waals surface area contributed by atoms with Crippen molar-refractivity contribution in [3.63, 3.8) is 0 Å². The Kier molecular flexibility index (Phi) is 4.95. The van der Waals surface area contributed by atoms with Crippen LogP contribution in [0.4, 0.5) is 0 Å². The van der Waals surface area contributed by atoms with Crippen molar-refractivity contribution < 1.29 is 4.74 Å². The van der Waals surface area contributed by atoms with Gasteiger partial charge in [-0.1, -0.05) is 30.3 Å². The van der Waals surface area contributed by atoms with Gasteiger partial charge in [-0.05, 0) is 36.9 Å². The third-order valence-electron chi connectivity index (χ3n) is 5.27. The second-order valence-corrected chi connectivity index (χ2v) is 6.96. The van der Waals surface area contributed by atoms with Crippen LogP contribution in [-0.2, 0) is 11.2 Å². The fourth-order valence-corrected chi connectivity index (χ4v) is 3.99. The lowest BCUT2D eigenvalue weighted by atomic mass is 10.0. The highest BCUT2D eigenvalue weighted by Crippen LogP contribution is 2.28. The molecule has 1 fully saturated rings. The average Bonchev–Trinajstić information content (AvgIpc) is 3.01. The molecule has 3 heterocycles. The first kappa shape index (κ1) is 15.9. The van der Waals surface area contributed by atoms with Crippen LogP contribution in [0.5, 0.6) is 0 Å². The van der Waals surface area contributed by atoms with E-state index in [1.165, 1.54) is 29.7 Å². The molecule has 2 unspecified atom stereocenters. The summed E-state index contributed by atoms with van der Waals surface area (Å²) >= 11 is 0. The van der Waals surface area contributed by atoms with E-state index < -0.39 is 0 Å². The van der Waals surface area contributed by atoms with Crippen molar-refractivity contribution in [3.05, 3.63) is 47.2 Å². The van der Waals surface area contributed by atoms with E-state index in [9.17, 15) is 0 Å². The first-order valence-corrected chi connectivity index (χ1v) is 9.28. The molecule has 0 saturated carbocycles. The monoisotopic (exact) mass is 325 g/mol. The van der Waals surface area contributed by atoms with E-state index in [0.29, 0.717) is 6.10 Å². The molecule has 0 aromatic heterocycles. The number of nitrogens with zero attached hydrogens (tertiary/aromatic N) is 2. The summed E-state index contributed by atoms with van der Waals surface area (Å²) in [5.41, 5.74) is 4.27. The molecular formula is C20H27N3O. The summed E-state index contributed by atoms with van der Waals surface area (Å²) in [6.07, 6.45) is 8.22. The predicted molar refractivity (Wildman–Crippen MR) is 97.2 cm³/mol. The van der Waals surface area contributed by atoms with Gasteiger partial charge in [-0.3, -0.25) is 4.99 Å². The van der Waals surface area contributed by atoms with Crippen molar-refractivity contribution >= 4 is 6.21 Å². The second-order valence-electron chi connectivity index (χ2n) is 6.96. The van der Waals surface area contributed by atoms with Crippen molar-refractivity contribution in [2.24, 2.45) is 4.99 Å². The van der Waals surface area contributed by atoms with Gasteiger partial charge in [-0.2, -0.15) is 0 Å². The molecule has 3 aliphatic rings. The fourth-order valence-electron chi connectivity index (χ4n) is 3.99. The number of hydrogen-bond donors (Lipinski definition) is 1. The molecule has 128 valence electrons. The minimum Gasteiger partial charge on any atom is -0.376 e. The Labute approximate surface area is 144 Å². The average molecular weight is 325 g/mol. The van der Waals surface area contributed by atoms with E-state index in [1.54, 1.807) is 0 Å². The van der Waals surface area contributed by atoms with Crippen LogP contribution in [-0.4, -0.2) is 49.6 Å². The minimum absolute atomic E-state index is 0.202. The summed E-state index contributed by atoms with van der Waals surface area (Å²) in [5.74, 6) is 0. The summed E-state index contributed by atoms with van der Waals surface area (Å²) in [5, 5.41) is 3.52. The van der Waals surface area contributed by atoms with Crippen LogP contribution in [0.2, 0.25) is 0 Å². The maximum Gasteiger partial charge on any atom is 0.125 e. The van der Waals surface area contributed by atoms with Gasteiger partial charge >= 0.3 is 0 Å². The van der Waals surface area contributed by atoms with E-state index in [4.69, 9.17) is 9.73 Å². The zero-order valence-electron chi connectivity index (χ0n) is 14.3. The van der Waals surface area contributed by atoms with E-state index in [-0.39, 0.29) is 6.17 Å².